The summed E-state index contributed by atoms with van der Waals surface area (Å²) in [5.74, 6) is -0.455. The first-order valence-corrected chi connectivity index (χ1v) is 6.83. The predicted octanol–water partition coefficient (Wildman–Crippen LogP) is -0.965. The number of nitrogens with two attached hydrogens (primary N) is 1. The number of hydrogen-bond donors (Lipinski definition) is 4. The fraction of sp³-hybridized carbons (Fsp3) is 0.357. The molecule has 1 heterocycles. The van der Waals surface area contributed by atoms with E-state index in [4.69, 9.17) is 0 Å². The highest BCUT2D eigenvalue weighted by molar-refractivity contribution is 5.95. The lowest BCUT2D eigenvalue weighted by molar-refractivity contribution is -0.678. The van der Waals surface area contributed by atoms with Crippen LogP contribution in [0, 0.1) is 0 Å². The first-order chi connectivity index (χ1) is 10.0. The third-order valence-electron chi connectivity index (χ3n) is 3.13. The van der Waals surface area contributed by atoms with E-state index < -0.39 is 0 Å². The van der Waals surface area contributed by atoms with Crippen molar-refractivity contribution in [2.75, 3.05) is 23.7 Å². The molecule has 0 radical (unpaired) electrons. The number of rotatable bonds is 4. The molecule has 7 nitrogen and oxygen atoms in total. The average Bonchev–Trinajstić information content (AvgIpc) is 2.43. The molecule has 0 spiro atoms. The van der Waals surface area contributed by atoms with E-state index in [0.29, 0.717) is 17.9 Å². The highest BCUT2D eigenvalue weighted by Gasteiger charge is 2.27. The second-order valence-electron chi connectivity index (χ2n) is 4.93. The van der Waals surface area contributed by atoms with Crippen molar-refractivity contribution in [3.05, 3.63) is 24.3 Å². The van der Waals surface area contributed by atoms with Crippen molar-refractivity contribution in [2.24, 2.45) is 0 Å². The number of benzene rings is 1. The summed E-state index contributed by atoms with van der Waals surface area (Å²) in [4.78, 5) is 34.4. The third kappa shape index (κ3) is 4.57. The van der Waals surface area contributed by atoms with Crippen LogP contribution in [0.15, 0.2) is 24.3 Å². The molecule has 1 fully saturated rings. The van der Waals surface area contributed by atoms with Crippen LogP contribution in [-0.2, 0) is 14.4 Å². The van der Waals surface area contributed by atoms with Gasteiger partial charge >= 0.3 is 0 Å². The Morgan fingerprint density at radius 1 is 1.24 bits per heavy atom. The monoisotopic (exact) mass is 291 g/mol. The molecule has 1 atom stereocenters. The van der Waals surface area contributed by atoms with Crippen LogP contribution in [0.2, 0.25) is 0 Å². The van der Waals surface area contributed by atoms with Crippen molar-refractivity contribution >= 4 is 29.1 Å². The van der Waals surface area contributed by atoms with Crippen LogP contribution < -0.4 is 21.3 Å². The van der Waals surface area contributed by atoms with Gasteiger partial charge in [0.05, 0.1) is 19.5 Å². The second kappa shape index (κ2) is 6.85. The number of anilines is 2. The Kier molecular flexibility index (Phi) is 4.89. The largest absolute Gasteiger partial charge is 0.345 e. The Bertz CT molecular complexity index is 542. The van der Waals surface area contributed by atoms with Gasteiger partial charge < -0.3 is 21.3 Å². The number of carbonyl (C=O) groups is 3. The molecule has 1 aromatic carbocycles. The fourth-order valence-corrected chi connectivity index (χ4v) is 2.15. The van der Waals surface area contributed by atoms with Gasteiger partial charge in [-0.2, -0.15) is 0 Å². The number of amides is 3. The average molecular weight is 291 g/mol. The lowest BCUT2D eigenvalue weighted by Crippen LogP contribution is -2.96. The molecule has 7 heteroatoms. The van der Waals surface area contributed by atoms with Gasteiger partial charge in [0.15, 0.2) is 6.04 Å². The van der Waals surface area contributed by atoms with Crippen LogP contribution in [0.5, 0.6) is 0 Å². The molecule has 1 aromatic rings. The van der Waals surface area contributed by atoms with Gasteiger partial charge in [0.2, 0.25) is 11.8 Å². The fourth-order valence-electron chi connectivity index (χ4n) is 2.15. The normalized spacial score (nSPS) is 17.8. The van der Waals surface area contributed by atoms with E-state index in [9.17, 15) is 14.4 Å². The van der Waals surface area contributed by atoms with Crippen LogP contribution in [0.3, 0.4) is 0 Å². The summed E-state index contributed by atoms with van der Waals surface area (Å²) >= 11 is 0. The van der Waals surface area contributed by atoms with Crippen molar-refractivity contribution in [1.29, 1.82) is 0 Å². The van der Waals surface area contributed by atoms with Crippen LogP contribution in [0.4, 0.5) is 11.4 Å². The number of piperazine rings is 1. The summed E-state index contributed by atoms with van der Waals surface area (Å²) in [6, 6.07) is 6.45. The topological polar surface area (TPSA) is 104 Å². The summed E-state index contributed by atoms with van der Waals surface area (Å²) < 4.78 is 0. The molecular formula is C14H19N4O3+. The number of carbonyl (C=O) groups excluding carboxylic acids is 3. The summed E-state index contributed by atoms with van der Waals surface area (Å²) in [7, 11) is 0. The molecule has 1 saturated heterocycles. The lowest BCUT2D eigenvalue weighted by atomic mass is 10.1. The van der Waals surface area contributed by atoms with Crippen LogP contribution in [-0.4, -0.2) is 36.9 Å². The van der Waals surface area contributed by atoms with E-state index in [0.717, 1.165) is 6.54 Å². The molecule has 0 aromatic heterocycles. The van der Waals surface area contributed by atoms with Gasteiger partial charge in [0, 0.05) is 18.3 Å². The summed E-state index contributed by atoms with van der Waals surface area (Å²) in [6.45, 7) is 2.86. The van der Waals surface area contributed by atoms with Crippen molar-refractivity contribution in [2.45, 2.75) is 19.4 Å². The van der Waals surface area contributed by atoms with Gasteiger partial charge in [-0.05, 0) is 24.3 Å². The predicted molar refractivity (Wildman–Crippen MR) is 77.6 cm³/mol. The van der Waals surface area contributed by atoms with E-state index in [1.54, 1.807) is 24.3 Å². The maximum absolute atomic E-state index is 11.9. The Morgan fingerprint density at radius 3 is 2.43 bits per heavy atom. The number of hydrogen-bond acceptors (Lipinski definition) is 3. The van der Waals surface area contributed by atoms with Crippen LogP contribution in [0.1, 0.15) is 13.3 Å². The van der Waals surface area contributed by atoms with Gasteiger partial charge in [0.1, 0.15) is 0 Å². The zero-order valence-electron chi connectivity index (χ0n) is 11.8. The first kappa shape index (κ1) is 15.0. The van der Waals surface area contributed by atoms with Crippen molar-refractivity contribution in [3.8, 4) is 0 Å². The van der Waals surface area contributed by atoms with E-state index >= 15 is 0 Å². The molecule has 1 aliphatic rings. The first-order valence-electron chi connectivity index (χ1n) is 6.83. The quantitative estimate of drug-likeness (QED) is 0.574. The summed E-state index contributed by atoms with van der Waals surface area (Å²) in [5, 5.41) is 10.00. The molecule has 0 unspecified atom stereocenters. The molecular weight excluding hydrogens is 272 g/mol. The van der Waals surface area contributed by atoms with E-state index in [-0.39, 0.29) is 30.2 Å². The highest BCUT2D eigenvalue weighted by Crippen LogP contribution is 2.13. The van der Waals surface area contributed by atoms with Gasteiger partial charge in [-0.3, -0.25) is 14.4 Å². The minimum atomic E-state index is -0.364. The van der Waals surface area contributed by atoms with Crippen molar-refractivity contribution in [3.63, 3.8) is 0 Å². The van der Waals surface area contributed by atoms with Gasteiger partial charge in [-0.25, -0.2) is 0 Å². The van der Waals surface area contributed by atoms with Gasteiger partial charge in [-0.15, -0.1) is 0 Å². The molecule has 0 aliphatic carbocycles. The van der Waals surface area contributed by atoms with E-state index in [2.05, 4.69) is 16.0 Å². The molecule has 3 amide bonds. The van der Waals surface area contributed by atoms with Crippen molar-refractivity contribution in [1.82, 2.24) is 5.32 Å². The Labute approximate surface area is 122 Å². The molecule has 1 aliphatic heterocycles. The SMILES string of the molecule is CC(=O)Nc1ccc(NC(=O)C[C@@H]2[NH2+]CCNC2=O)cc1. The standard InChI is InChI=1S/C14H18N4O3/c1-9(19)17-10-2-4-11(5-3-10)18-13(20)8-12-14(21)16-7-6-15-12/h2-5,12,15H,6-8H2,1H3,(H,16,21)(H,17,19)(H,18,20)/p+1/t12-/m0/s1. The van der Waals surface area contributed by atoms with E-state index in [1.807, 2.05) is 5.32 Å². The maximum atomic E-state index is 11.9. The second-order valence-corrected chi connectivity index (χ2v) is 4.93. The maximum Gasteiger partial charge on any atom is 0.278 e. The number of quaternary nitrogens is 1. The lowest BCUT2D eigenvalue weighted by Gasteiger charge is -2.19. The van der Waals surface area contributed by atoms with Crippen LogP contribution >= 0.6 is 0 Å². The molecule has 21 heavy (non-hydrogen) atoms. The zero-order valence-corrected chi connectivity index (χ0v) is 11.8. The Balaban J connectivity index is 1.87. The minimum absolute atomic E-state index is 0.0996. The zero-order chi connectivity index (χ0) is 15.2. The highest BCUT2D eigenvalue weighted by atomic mass is 16.2. The molecule has 0 saturated carbocycles. The summed E-state index contributed by atoms with van der Waals surface area (Å²) in [6.07, 6.45) is 0.138. The smallest absolute Gasteiger partial charge is 0.278 e. The molecule has 5 N–H and O–H groups in total. The molecule has 2 rings (SSSR count). The van der Waals surface area contributed by atoms with Gasteiger partial charge in [-0.1, -0.05) is 0 Å². The van der Waals surface area contributed by atoms with Crippen LogP contribution in [0.25, 0.3) is 0 Å². The molecule has 0 bridgehead atoms. The van der Waals surface area contributed by atoms with Crippen molar-refractivity contribution < 1.29 is 19.7 Å². The van der Waals surface area contributed by atoms with E-state index in [1.165, 1.54) is 6.92 Å². The Hall–Kier alpha value is -2.41. The van der Waals surface area contributed by atoms with Gasteiger partial charge in [0.25, 0.3) is 5.91 Å². The minimum Gasteiger partial charge on any atom is -0.345 e. The third-order valence-corrected chi connectivity index (χ3v) is 3.13. The summed E-state index contributed by atoms with van der Waals surface area (Å²) in [5.41, 5.74) is 1.30. The number of nitrogens with one attached hydrogen (secondary N) is 3. The molecule has 112 valence electrons. The Morgan fingerprint density at radius 2 is 1.86 bits per heavy atom.